The maximum Gasteiger partial charge on any atom is 0.242 e. The Kier molecular flexibility index (Phi) is 3.79. The zero-order valence-electron chi connectivity index (χ0n) is 10.7. The minimum absolute atomic E-state index is 0.0206. The lowest BCUT2D eigenvalue weighted by Gasteiger charge is -2.19. The first kappa shape index (κ1) is 14.6. The van der Waals surface area contributed by atoms with Crippen molar-refractivity contribution in [2.24, 2.45) is 0 Å². The molecule has 1 N–H and O–H groups in total. The summed E-state index contributed by atoms with van der Waals surface area (Å²) in [5, 5.41) is 8.85. The highest BCUT2D eigenvalue weighted by Gasteiger charge is 2.28. The summed E-state index contributed by atoms with van der Waals surface area (Å²) in [7, 11) is -3.85. The lowest BCUT2D eigenvalue weighted by atomic mass is 10.1. The van der Waals surface area contributed by atoms with Gasteiger partial charge in [0.05, 0.1) is 11.0 Å². The lowest BCUT2D eigenvalue weighted by molar-refractivity contribution is 0.534. The van der Waals surface area contributed by atoms with Gasteiger partial charge in [0.2, 0.25) is 10.0 Å². The van der Waals surface area contributed by atoms with Crippen molar-refractivity contribution in [2.75, 3.05) is 0 Å². The van der Waals surface area contributed by atoms with Crippen LogP contribution in [0.3, 0.4) is 0 Å². The Bertz CT molecular complexity index is 592. The molecule has 0 saturated heterocycles. The molecule has 0 atom stereocenters. The summed E-state index contributed by atoms with van der Waals surface area (Å²) in [6.45, 7) is 5.95. The Hall–Kier alpha value is -1.45. The first-order chi connectivity index (χ1) is 8.09. The van der Waals surface area contributed by atoms with Crippen LogP contribution in [0.15, 0.2) is 17.0 Å². The van der Waals surface area contributed by atoms with E-state index in [0.29, 0.717) is 11.1 Å². The van der Waals surface area contributed by atoms with Gasteiger partial charge >= 0.3 is 0 Å². The van der Waals surface area contributed by atoms with Gasteiger partial charge in [-0.15, -0.1) is 0 Å². The first-order valence-corrected chi connectivity index (χ1v) is 6.79. The summed E-state index contributed by atoms with van der Waals surface area (Å²) in [5.41, 5.74) is -0.589. The molecule has 18 heavy (non-hydrogen) atoms. The molecule has 0 aromatic heterocycles. The van der Waals surface area contributed by atoms with Crippen LogP contribution in [-0.4, -0.2) is 14.0 Å². The van der Waals surface area contributed by atoms with E-state index in [-0.39, 0.29) is 4.90 Å². The molecule has 1 aromatic rings. The van der Waals surface area contributed by atoms with Crippen molar-refractivity contribution in [3.8, 4) is 6.07 Å². The standard InChI is InChI=1S/C12H15FN2O2S/c1-8-5-10(13)6-9(2)11(8)18(16,17)15-12(3,4)7-14/h5-6,15H,1-4H3. The highest BCUT2D eigenvalue weighted by atomic mass is 32.2. The van der Waals surface area contributed by atoms with Crippen LogP contribution in [0.2, 0.25) is 0 Å². The normalized spacial score (nSPS) is 12.2. The summed E-state index contributed by atoms with van der Waals surface area (Å²) in [5.74, 6) is -0.483. The van der Waals surface area contributed by atoms with Crippen LogP contribution in [0.25, 0.3) is 0 Å². The fourth-order valence-corrected chi connectivity index (χ4v) is 3.52. The van der Waals surface area contributed by atoms with Crippen LogP contribution < -0.4 is 4.72 Å². The second kappa shape index (κ2) is 4.67. The lowest BCUT2D eigenvalue weighted by Crippen LogP contribution is -2.42. The second-order valence-corrected chi connectivity index (χ2v) is 6.33. The van der Waals surface area contributed by atoms with Crippen LogP contribution in [0.5, 0.6) is 0 Å². The minimum Gasteiger partial charge on any atom is -0.207 e. The molecule has 0 saturated carbocycles. The Morgan fingerprint density at radius 1 is 1.28 bits per heavy atom. The molecule has 0 aliphatic heterocycles. The van der Waals surface area contributed by atoms with Crippen molar-refractivity contribution >= 4 is 10.0 Å². The molecule has 0 spiro atoms. The fourth-order valence-electron chi connectivity index (χ4n) is 1.73. The van der Waals surface area contributed by atoms with Gasteiger partial charge < -0.3 is 0 Å². The number of nitriles is 1. The smallest absolute Gasteiger partial charge is 0.207 e. The molecule has 0 unspecified atom stereocenters. The third-order valence-electron chi connectivity index (χ3n) is 2.36. The quantitative estimate of drug-likeness (QED) is 0.913. The van der Waals surface area contributed by atoms with E-state index in [9.17, 15) is 12.8 Å². The summed E-state index contributed by atoms with van der Waals surface area (Å²) in [4.78, 5) is 0.0206. The average Bonchev–Trinajstić information content (AvgIpc) is 2.13. The predicted molar refractivity (Wildman–Crippen MR) is 65.9 cm³/mol. The van der Waals surface area contributed by atoms with E-state index < -0.39 is 21.4 Å². The molecule has 6 heteroatoms. The molecule has 0 fully saturated rings. The van der Waals surface area contributed by atoms with Gasteiger partial charge in [-0.05, 0) is 51.0 Å². The van der Waals surface area contributed by atoms with Crippen LogP contribution >= 0.6 is 0 Å². The van der Waals surface area contributed by atoms with E-state index >= 15 is 0 Å². The van der Waals surface area contributed by atoms with Crippen molar-refractivity contribution in [1.29, 1.82) is 5.26 Å². The van der Waals surface area contributed by atoms with E-state index in [2.05, 4.69) is 4.72 Å². The van der Waals surface area contributed by atoms with Crippen molar-refractivity contribution in [2.45, 2.75) is 38.1 Å². The molecular formula is C12H15FN2O2S. The summed E-state index contributed by atoms with van der Waals surface area (Å²) in [6, 6.07) is 4.16. The van der Waals surface area contributed by atoms with Crippen LogP contribution in [0.1, 0.15) is 25.0 Å². The fraction of sp³-hybridized carbons (Fsp3) is 0.417. The van der Waals surface area contributed by atoms with Crippen molar-refractivity contribution < 1.29 is 12.8 Å². The van der Waals surface area contributed by atoms with E-state index in [1.165, 1.54) is 27.7 Å². The van der Waals surface area contributed by atoms with Crippen LogP contribution in [0.4, 0.5) is 4.39 Å². The third kappa shape index (κ3) is 3.06. The number of sulfonamides is 1. The summed E-state index contributed by atoms with van der Waals surface area (Å²) >= 11 is 0. The highest BCUT2D eigenvalue weighted by Crippen LogP contribution is 2.22. The molecule has 0 aliphatic carbocycles. The Morgan fingerprint density at radius 2 is 1.72 bits per heavy atom. The van der Waals surface area contributed by atoms with Crippen LogP contribution in [-0.2, 0) is 10.0 Å². The average molecular weight is 270 g/mol. The number of hydrogen-bond donors (Lipinski definition) is 1. The number of halogens is 1. The molecular weight excluding hydrogens is 255 g/mol. The molecule has 0 aliphatic rings. The highest BCUT2D eigenvalue weighted by molar-refractivity contribution is 7.89. The van der Waals surface area contributed by atoms with Crippen molar-refractivity contribution in [1.82, 2.24) is 4.72 Å². The number of aryl methyl sites for hydroxylation is 2. The van der Waals surface area contributed by atoms with Crippen LogP contribution in [0, 0.1) is 31.0 Å². The minimum atomic E-state index is -3.85. The Labute approximate surface area is 106 Å². The molecule has 0 heterocycles. The van der Waals surface area contributed by atoms with Gasteiger partial charge in [0.1, 0.15) is 11.4 Å². The summed E-state index contributed by atoms with van der Waals surface area (Å²) < 4.78 is 39.8. The second-order valence-electron chi connectivity index (χ2n) is 4.71. The van der Waals surface area contributed by atoms with Gasteiger partial charge in [-0.2, -0.15) is 9.98 Å². The monoisotopic (exact) mass is 270 g/mol. The topological polar surface area (TPSA) is 70.0 Å². The van der Waals surface area contributed by atoms with Gasteiger partial charge in [-0.3, -0.25) is 0 Å². The van der Waals surface area contributed by atoms with Crippen molar-refractivity contribution in [3.05, 3.63) is 29.1 Å². The number of hydrogen-bond acceptors (Lipinski definition) is 3. The SMILES string of the molecule is Cc1cc(F)cc(C)c1S(=O)(=O)NC(C)(C)C#N. The van der Waals surface area contributed by atoms with Gasteiger partial charge in [-0.25, -0.2) is 12.8 Å². The van der Waals surface area contributed by atoms with Crippen molar-refractivity contribution in [3.63, 3.8) is 0 Å². The molecule has 98 valence electrons. The molecule has 0 amide bonds. The zero-order valence-corrected chi connectivity index (χ0v) is 11.5. The first-order valence-electron chi connectivity index (χ1n) is 5.31. The maximum absolute atomic E-state index is 13.1. The number of rotatable bonds is 3. The molecule has 0 radical (unpaired) electrons. The Balaban J connectivity index is 3.36. The van der Waals surface area contributed by atoms with Gasteiger partial charge in [-0.1, -0.05) is 0 Å². The molecule has 1 rings (SSSR count). The van der Waals surface area contributed by atoms with Gasteiger partial charge in [0.15, 0.2) is 0 Å². The Morgan fingerprint density at radius 3 is 2.11 bits per heavy atom. The zero-order chi connectivity index (χ0) is 14.1. The molecule has 4 nitrogen and oxygen atoms in total. The van der Waals surface area contributed by atoms with E-state index in [4.69, 9.17) is 5.26 Å². The summed E-state index contributed by atoms with van der Waals surface area (Å²) in [6.07, 6.45) is 0. The number of nitrogens with one attached hydrogen (secondary N) is 1. The molecule has 1 aromatic carbocycles. The maximum atomic E-state index is 13.1. The predicted octanol–water partition coefficient (Wildman–Crippen LogP) is 2.02. The molecule has 0 bridgehead atoms. The third-order valence-corrected chi connectivity index (χ3v) is 4.32. The van der Waals surface area contributed by atoms with E-state index in [1.54, 1.807) is 0 Å². The van der Waals surface area contributed by atoms with E-state index in [1.807, 2.05) is 6.07 Å². The number of benzene rings is 1. The van der Waals surface area contributed by atoms with Gasteiger partial charge in [0, 0.05) is 0 Å². The van der Waals surface area contributed by atoms with Gasteiger partial charge in [0.25, 0.3) is 0 Å². The van der Waals surface area contributed by atoms with E-state index in [0.717, 1.165) is 12.1 Å². The largest absolute Gasteiger partial charge is 0.242 e. The number of nitrogens with zero attached hydrogens (tertiary/aromatic N) is 1.